The second kappa shape index (κ2) is 6.90. The summed E-state index contributed by atoms with van der Waals surface area (Å²) in [5, 5.41) is 3.62. The van der Waals surface area contributed by atoms with Crippen LogP contribution in [0.2, 0.25) is 0 Å². The van der Waals surface area contributed by atoms with E-state index in [4.69, 9.17) is 19.2 Å². The molecule has 30 heavy (non-hydrogen) atoms. The molecule has 4 heterocycles. The van der Waals surface area contributed by atoms with Crippen molar-refractivity contribution < 1.29 is 23.8 Å². The van der Waals surface area contributed by atoms with Crippen LogP contribution in [-0.2, 0) is 4.74 Å². The number of ether oxygens (including phenoxy) is 3. The third-order valence-electron chi connectivity index (χ3n) is 5.35. The lowest BCUT2D eigenvalue weighted by atomic mass is 10.0. The first-order valence-corrected chi connectivity index (χ1v) is 10.9. The number of amides is 3. The number of thiazole rings is 1. The molecule has 2 saturated heterocycles. The molecule has 2 unspecified atom stereocenters. The summed E-state index contributed by atoms with van der Waals surface area (Å²) in [6.45, 7) is 7.45. The van der Waals surface area contributed by atoms with E-state index in [1.807, 2.05) is 32.9 Å². The number of nitrogens with zero attached hydrogens (tertiary/aromatic N) is 3. The monoisotopic (exact) mass is 432 g/mol. The fraction of sp³-hybridized carbons (Fsp3) is 0.550. The lowest BCUT2D eigenvalue weighted by molar-refractivity contribution is 0.0192. The van der Waals surface area contributed by atoms with Crippen molar-refractivity contribution in [3.63, 3.8) is 0 Å². The summed E-state index contributed by atoms with van der Waals surface area (Å²) in [6.07, 6.45) is 0.313. The number of carbonyl (C=O) groups excluding carboxylic acids is 2. The topological polar surface area (TPSA) is 93.2 Å². The average molecular weight is 433 g/mol. The summed E-state index contributed by atoms with van der Waals surface area (Å²) in [5.41, 5.74) is 0.134. The molecule has 2 fully saturated rings. The number of benzene rings is 1. The molecule has 1 N–H and O–H groups in total. The van der Waals surface area contributed by atoms with Crippen molar-refractivity contribution in [1.29, 1.82) is 0 Å². The molecular weight excluding hydrogens is 408 g/mol. The molecule has 10 heteroatoms. The zero-order chi connectivity index (χ0) is 21.0. The third-order valence-corrected chi connectivity index (χ3v) is 6.37. The standard InChI is InChI=1S/C20H24N4O5S/c1-20(2,3)29-19(26)23-7-6-11-12(10-23)24(17(25)21-11)18-22-15-14(30-18)5-4-13-16(15)28-9-8-27-13/h4-5,11-12H,6-10H2,1-3H3,(H,21,25). The van der Waals surface area contributed by atoms with Gasteiger partial charge in [0.15, 0.2) is 16.6 Å². The first-order valence-electron chi connectivity index (χ1n) is 10.1. The zero-order valence-corrected chi connectivity index (χ0v) is 18.0. The maximum absolute atomic E-state index is 12.8. The Kier molecular flexibility index (Phi) is 4.42. The number of anilines is 1. The second-order valence-electron chi connectivity index (χ2n) is 8.64. The Balaban J connectivity index is 1.44. The number of likely N-dealkylation sites (tertiary alicyclic amines) is 1. The van der Waals surface area contributed by atoms with Gasteiger partial charge in [0.1, 0.15) is 24.3 Å². The second-order valence-corrected chi connectivity index (χ2v) is 9.65. The van der Waals surface area contributed by atoms with Gasteiger partial charge < -0.3 is 24.4 Å². The highest BCUT2D eigenvalue weighted by molar-refractivity contribution is 7.22. The van der Waals surface area contributed by atoms with Gasteiger partial charge in [-0.05, 0) is 39.3 Å². The lowest BCUT2D eigenvalue weighted by Crippen LogP contribution is -2.54. The van der Waals surface area contributed by atoms with Crippen molar-refractivity contribution in [3.05, 3.63) is 12.1 Å². The number of urea groups is 1. The van der Waals surface area contributed by atoms with Crippen LogP contribution in [-0.4, -0.2) is 66.0 Å². The van der Waals surface area contributed by atoms with Gasteiger partial charge in [-0.3, -0.25) is 4.90 Å². The van der Waals surface area contributed by atoms with Crippen LogP contribution in [0.5, 0.6) is 11.5 Å². The number of hydrogen-bond donors (Lipinski definition) is 1. The van der Waals surface area contributed by atoms with E-state index >= 15 is 0 Å². The lowest BCUT2D eigenvalue weighted by Gasteiger charge is -2.37. The first kappa shape index (κ1) is 19.2. The molecule has 2 aromatic rings. The number of fused-ring (bicyclic) bond motifs is 4. The summed E-state index contributed by atoms with van der Waals surface area (Å²) < 4.78 is 17.9. The molecule has 1 aromatic carbocycles. The van der Waals surface area contributed by atoms with E-state index in [0.717, 1.165) is 4.70 Å². The van der Waals surface area contributed by atoms with Gasteiger partial charge >= 0.3 is 12.1 Å². The van der Waals surface area contributed by atoms with Gasteiger partial charge in [0, 0.05) is 13.1 Å². The minimum absolute atomic E-state index is 0.0308. The van der Waals surface area contributed by atoms with E-state index in [1.165, 1.54) is 11.3 Å². The molecule has 3 aliphatic heterocycles. The van der Waals surface area contributed by atoms with Crippen LogP contribution in [0, 0.1) is 0 Å². The van der Waals surface area contributed by atoms with E-state index in [-0.39, 0.29) is 24.2 Å². The molecule has 0 spiro atoms. The quantitative estimate of drug-likeness (QED) is 0.745. The first-order chi connectivity index (χ1) is 14.3. The zero-order valence-electron chi connectivity index (χ0n) is 17.1. The Hall–Kier alpha value is -2.75. The molecular formula is C20H24N4O5S. The number of hydrogen-bond acceptors (Lipinski definition) is 7. The van der Waals surface area contributed by atoms with Gasteiger partial charge in [0.2, 0.25) is 0 Å². The molecule has 2 atom stereocenters. The summed E-state index contributed by atoms with van der Waals surface area (Å²) in [5.74, 6) is 1.29. The maximum atomic E-state index is 12.8. The van der Waals surface area contributed by atoms with Gasteiger partial charge in [-0.15, -0.1) is 0 Å². The van der Waals surface area contributed by atoms with Crippen LogP contribution in [0.1, 0.15) is 27.2 Å². The van der Waals surface area contributed by atoms with Crippen LogP contribution in [0.3, 0.4) is 0 Å². The summed E-state index contributed by atoms with van der Waals surface area (Å²) in [6, 6.07) is 3.38. The van der Waals surface area contributed by atoms with E-state index in [2.05, 4.69) is 5.32 Å². The van der Waals surface area contributed by atoms with Gasteiger partial charge in [-0.25, -0.2) is 14.6 Å². The molecule has 1 aromatic heterocycles. The minimum atomic E-state index is -0.564. The Bertz CT molecular complexity index is 1020. The fourth-order valence-corrected chi connectivity index (χ4v) is 5.07. The van der Waals surface area contributed by atoms with E-state index in [1.54, 1.807) is 9.80 Å². The number of rotatable bonds is 1. The van der Waals surface area contributed by atoms with Gasteiger partial charge in [-0.2, -0.15) is 0 Å². The van der Waals surface area contributed by atoms with Crippen molar-refractivity contribution in [2.75, 3.05) is 31.2 Å². The van der Waals surface area contributed by atoms with E-state index < -0.39 is 5.60 Å². The summed E-state index contributed by atoms with van der Waals surface area (Å²) in [4.78, 5) is 33.4. The van der Waals surface area contributed by atoms with Gasteiger partial charge in [0.25, 0.3) is 0 Å². The van der Waals surface area contributed by atoms with Crippen LogP contribution >= 0.6 is 11.3 Å². The van der Waals surface area contributed by atoms with Crippen LogP contribution in [0.4, 0.5) is 14.7 Å². The van der Waals surface area contributed by atoms with Crippen molar-refractivity contribution in [3.8, 4) is 11.5 Å². The molecule has 0 bridgehead atoms. The predicted octanol–water partition coefficient (Wildman–Crippen LogP) is 2.98. The fourth-order valence-electron chi connectivity index (χ4n) is 4.05. The highest BCUT2D eigenvalue weighted by Crippen LogP contribution is 2.42. The summed E-state index contributed by atoms with van der Waals surface area (Å²) in [7, 11) is 0. The number of carbonyl (C=O) groups is 2. The van der Waals surface area contributed by atoms with Crippen LogP contribution in [0.15, 0.2) is 12.1 Å². The average Bonchev–Trinajstić information content (AvgIpc) is 3.25. The minimum Gasteiger partial charge on any atom is -0.486 e. The molecule has 3 aliphatic rings. The third kappa shape index (κ3) is 3.28. The molecule has 3 amide bonds. The molecule has 9 nitrogen and oxygen atoms in total. The van der Waals surface area contributed by atoms with Crippen molar-refractivity contribution in [2.24, 2.45) is 0 Å². The Labute approximate surface area is 177 Å². The Morgan fingerprint density at radius 2 is 2.10 bits per heavy atom. The Morgan fingerprint density at radius 1 is 1.30 bits per heavy atom. The van der Waals surface area contributed by atoms with Gasteiger partial charge in [0.05, 0.1) is 16.8 Å². The van der Waals surface area contributed by atoms with E-state index in [9.17, 15) is 9.59 Å². The van der Waals surface area contributed by atoms with Crippen LogP contribution < -0.4 is 19.7 Å². The molecule has 0 aliphatic carbocycles. The summed E-state index contributed by atoms with van der Waals surface area (Å²) >= 11 is 1.43. The Morgan fingerprint density at radius 3 is 2.90 bits per heavy atom. The largest absolute Gasteiger partial charge is 0.486 e. The van der Waals surface area contributed by atoms with Crippen molar-refractivity contribution in [2.45, 2.75) is 44.9 Å². The SMILES string of the molecule is CC(C)(C)OC(=O)N1CCC2NC(=O)N(c3nc4c5c(ccc4s3)OCCO5)C2C1. The number of aromatic nitrogens is 1. The smallest absolute Gasteiger partial charge is 0.410 e. The maximum Gasteiger partial charge on any atom is 0.410 e. The molecule has 0 saturated carbocycles. The number of nitrogens with one attached hydrogen (secondary N) is 1. The van der Waals surface area contributed by atoms with E-state index in [0.29, 0.717) is 54.9 Å². The molecule has 0 radical (unpaired) electrons. The van der Waals surface area contributed by atoms with Crippen molar-refractivity contribution >= 4 is 38.8 Å². The van der Waals surface area contributed by atoms with Gasteiger partial charge in [-0.1, -0.05) is 11.3 Å². The molecule has 160 valence electrons. The highest BCUT2D eigenvalue weighted by Gasteiger charge is 2.46. The van der Waals surface area contributed by atoms with Crippen molar-refractivity contribution in [1.82, 2.24) is 15.2 Å². The predicted molar refractivity (Wildman–Crippen MR) is 112 cm³/mol. The molecule has 5 rings (SSSR count). The van der Waals surface area contributed by atoms with Crippen LogP contribution in [0.25, 0.3) is 10.2 Å². The normalized spacial score (nSPS) is 23.4. The highest BCUT2D eigenvalue weighted by atomic mass is 32.1. The number of piperidine rings is 1.